The molecule has 3 aliphatic heterocycles. The van der Waals surface area contributed by atoms with E-state index in [1.165, 1.54) is 5.56 Å². The van der Waals surface area contributed by atoms with Gasteiger partial charge in [0.15, 0.2) is 22.9 Å². The van der Waals surface area contributed by atoms with Gasteiger partial charge in [-0.25, -0.2) is 0 Å². The molecule has 0 unspecified atom stereocenters. The lowest BCUT2D eigenvalue weighted by Gasteiger charge is -2.24. The molecule has 55 heavy (non-hydrogen) atoms. The third-order valence-electron chi connectivity index (χ3n) is 12.0. The summed E-state index contributed by atoms with van der Waals surface area (Å²) in [5, 5.41) is 16.1. The van der Waals surface area contributed by atoms with Gasteiger partial charge in [0.1, 0.15) is 11.5 Å². The highest BCUT2D eigenvalue weighted by Gasteiger charge is 2.39. The first-order chi connectivity index (χ1) is 27.0. The van der Waals surface area contributed by atoms with E-state index in [1.54, 1.807) is 12.1 Å². The van der Waals surface area contributed by atoms with Crippen LogP contribution in [0.2, 0.25) is 0 Å². The highest BCUT2D eigenvalue weighted by Crippen LogP contribution is 2.41. The number of para-hydroxylation sites is 1. The molecule has 5 aliphatic rings. The number of carbonyl (C=O) groups excluding carboxylic acids is 2. The second kappa shape index (κ2) is 14.4. The maximum Gasteiger partial charge on any atom is 0.273 e. The summed E-state index contributed by atoms with van der Waals surface area (Å²) in [5.74, 6) is 3.91. The summed E-state index contributed by atoms with van der Waals surface area (Å²) in [6.45, 7) is 4.74. The topological polar surface area (TPSA) is 148 Å². The Balaban J connectivity index is 0.859. The Morgan fingerprint density at radius 1 is 0.709 bits per heavy atom. The zero-order valence-corrected chi connectivity index (χ0v) is 30.7. The number of nitrogens with zero attached hydrogens (tertiary/aromatic N) is 5. The highest BCUT2D eigenvalue weighted by molar-refractivity contribution is 5.93. The molecule has 13 nitrogen and oxygen atoms in total. The number of likely N-dealkylation sites (tertiary alicyclic amines) is 2. The Hall–Kier alpha value is -5.27. The normalized spacial score (nSPS) is 23.8. The molecule has 2 aliphatic carbocycles. The van der Waals surface area contributed by atoms with Crippen molar-refractivity contribution in [2.45, 2.75) is 75.5 Å². The number of hydrogen-bond acceptors (Lipinski definition) is 11. The number of pyridine rings is 1. The molecular formula is C42H45N7O6. The average molecular weight is 744 g/mol. The van der Waals surface area contributed by atoms with Gasteiger partial charge in [-0.05, 0) is 80.2 Å². The largest absolute Gasteiger partial charge is 0.454 e. The first-order valence-electron chi connectivity index (χ1n) is 19.7. The van der Waals surface area contributed by atoms with Crippen LogP contribution in [0, 0.1) is 11.8 Å². The second-order valence-corrected chi connectivity index (χ2v) is 16.1. The summed E-state index contributed by atoms with van der Waals surface area (Å²) in [6, 6.07) is 20.0. The highest BCUT2D eigenvalue weighted by atomic mass is 16.7. The van der Waals surface area contributed by atoms with Crippen LogP contribution in [0.3, 0.4) is 0 Å². The summed E-state index contributed by atoms with van der Waals surface area (Å²) in [5.41, 5.74) is 3.94. The van der Waals surface area contributed by atoms with Gasteiger partial charge in [0.25, 0.3) is 11.8 Å². The molecule has 10 rings (SSSR count). The van der Waals surface area contributed by atoms with Crippen molar-refractivity contribution >= 4 is 22.7 Å². The standard InChI is InChI=1S/C42H45N7O6/c50-41(33-16-38(54-46-33)26-7-8-26)44-35-22-48(18-25-6-13-32-28(15-25)4-2-14-43-32)19-29(35)11-12-30-20-49(21-31-3-1-5-37-40(31)53-24-52-37)23-36(30)45-42(51)34-17-39(55-47-34)27-9-10-27/h1-6,13-17,26-27,29-30,35-36H,7-12,18-24H2,(H,44,50)(H,45,51)/t29-,30-,35+,36+/m0/s1. The quantitative estimate of drug-likeness (QED) is 0.155. The molecule has 2 N–H and O–H groups in total. The predicted molar refractivity (Wildman–Crippen MR) is 201 cm³/mol. The average Bonchev–Trinajstić information content (AvgIpc) is 3.87. The van der Waals surface area contributed by atoms with Crippen LogP contribution in [0.4, 0.5) is 0 Å². The Morgan fingerprint density at radius 2 is 1.36 bits per heavy atom. The Bertz CT molecular complexity index is 2210. The van der Waals surface area contributed by atoms with Crippen molar-refractivity contribution in [2.24, 2.45) is 11.8 Å². The van der Waals surface area contributed by atoms with Gasteiger partial charge >= 0.3 is 0 Å². The van der Waals surface area contributed by atoms with E-state index in [-0.39, 0.29) is 42.5 Å². The Kier molecular flexibility index (Phi) is 8.98. The molecule has 2 saturated heterocycles. The summed E-state index contributed by atoms with van der Waals surface area (Å²) in [7, 11) is 0. The lowest BCUT2D eigenvalue weighted by atomic mass is 9.90. The lowest BCUT2D eigenvalue weighted by Crippen LogP contribution is -2.42. The molecule has 0 spiro atoms. The number of hydrogen-bond donors (Lipinski definition) is 2. The van der Waals surface area contributed by atoms with Crippen molar-refractivity contribution in [3.05, 3.63) is 101 Å². The minimum atomic E-state index is -0.203. The zero-order chi connectivity index (χ0) is 36.9. The fourth-order valence-corrected chi connectivity index (χ4v) is 8.76. The second-order valence-electron chi connectivity index (χ2n) is 16.1. The van der Waals surface area contributed by atoms with Gasteiger partial charge in [-0.1, -0.05) is 34.6 Å². The number of ether oxygens (including phenoxy) is 2. The van der Waals surface area contributed by atoms with Crippen LogP contribution in [0.1, 0.15) is 94.0 Å². The number of aromatic nitrogens is 3. The van der Waals surface area contributed by atoms with Gasteiger partial charge in [0.2, 0.25) is 6.79 Å². The van der Waals surface area contributed by atoms with Crippen molar-refractivity contribution in [3.8, 4) is 11.5 Å². The molecule has 0 bridgehead atoms. The molecule has 4 atom stereocenters. The number of amides is 2. The summed E-state index contributed by atoms with van der Waals surface area (Å²) < 4.78 is 22.5. The first kappa shape index (κ1) is 34.2. The zero-order valence-electron chi connectivity index (χ0n) is 30.7. The van der Waals surface area contributed by atoms with Crippen molar-refractivity contribution in [3.63, 3.8) is 0 Å². The molecule has 0 radical (unpaired) electrons. The van der Waals surface area contributed by atoms with Gasteiger partial charge in [-0.3, -0.25) is 24.4 Å². The molecular weight excluding hydrogens is 699 g/mol. The van der Waals surface area contributed by atoms with E-state index >= 15 is 0 Å². The molecule has 5 aromatic rings. The number of benzene rings is 2. The van der Waals surface area contributed by atoms with E-state index in [4.69, 9.17) is 18.5 Å². The van der Waals surface area contributed by atoms with Gasteiger partial charge in [-0.2, -0.15) is 0 Å². The molecule has 284 valence electrons. The minimum absolute atomic E-state index is 0.0683. The molecule has 2 aromatic carbocycles. The van der Waals surface area contributed by atoms with E-state index in [9.17, 15) is 9.59 Å². The SMILES string of the molecule is O=C(N[C@@H]1CN(Cc2ccc3ncccc3c2)C[C@@H]1CC[C@H]1CN(Cc2cccc3c2OCO3)C[C@H]1NC(=O)c1cc(C2CC2)on1)c1cc(C2CC2)on1. The molecule has 6 heterocycles. The summed E-state index contributed by atoms with van der Waals surface area (Å²) >= 11 is 0. The number of carbonyl (C=O) groups is 2. The van der Waals surface area contributed by atoms with Gasteiger partial charge in [0, 0.05) is 92.5 Å². The third-order valence-corrected chi connectivity index (χ3v) is 12.0. The molecule has 2 saturated carbocycles. The minimum Gasteiger partial charge on any atom is -0.454 e. The van der Waals surface area contributed by atoms with Gasteiger partial charge < -0.3 is 29.2 Å². The number of nitrogens with one attached hydrogen (secondary N) is 2. The monoisotopic (exact) mass is 743 g/mol. The van der Waals surface area contributed by atoms with Crippen LogP contribution in [0.5, 0.6) is 11.5 Å². The fourth-order valence-electron chi connectivity index (χ4n) is 8.76. The van der Waals surface area contributed by atoms with E-state index in [0.717, 1.165) is 104 Å². The van der Waals surface area contributed by atoms with Crippen molar-refractivity contribution in [2.75, 3.05) is 33.0 Å². The predicted octanol–water partition coefficient (Wildman–Crippen LogP) is 5.64. The molecule has 2 amide bonds. The number of rotatable bonds is 13. The van der Waals surface area contributed by atoms with Crippen LogP contribution in [-0.2, 0) is 13.1 Å². The van der Waals surface area contributed by atoms with Gasteiger partial charge in [0.05, 0.1) is 5.52 Å². The van der Waals surface area contributed by atoms with E-state index in [0.29, 0.717) is 36.3 Å². The fraction of sp³-hybridized carbons (Fsp3) is 0.452. The smallest absolute Gasteiger partial charge is 0.273 e. The third kappa shape index (κ3) is 7.42. The van der Waals surface area contributed by atoms with Crippen LogP contribution in [-0.4, -0.2) is 82.0 Å². The summed E-state index contributed by atoms with van der Waals surface area (Å²) in [6.07, 6.45) is 7.89. The van der Waals surface area contributed by atoms with Crippen molar-refractivity contribution in [1.82, 2.24) is 35.7 Å². The Labute approximate surface area is 318 Å². The van der Waals surface area contributed by atoms with Crippen LogP contribution < -0.4 is 20.1 Å². The molecule has 4 fully saturated rings. The first-order valence-corrected chi connectivity index (χ1v) is 19.7. The van der Waals surface area contributed by atoms with Crippen LogP contribution >= 0.6 is 0 Å². The summed E-state index contributed by atoms with van der Waals surface area (Å²) in [4.78, 5) is 36.5. The van der Waals surface area contributed by atoms with Crippen LogP contribution in [0.25, 0.3) is 10.9 Å². The van der Waals surface area contributed by atoms with E-state index in [2.05, 4.69) is 66.1 Å². The molecule has 13 heteroatoms. The van der Waals surface area contributed by atoms with Crippen molar-refractivity contribution < 1.29 is 28.1 Å². The maximum absolute atomic E-state index is 13.6. The van der Waals surface area contributed by atoms with E-state index in [1.807, 2.05) is 24.4 Å². The molecule has 3 aromatic heterocycles. The van der Waals surface area contributed by atoms with Crippen molar-refractivity contribution in [1.29, 1.82) is 0 Å². The van der Waals surface area contributed by atoms with Crippen LogP contribution in [0.15, 0.2) is 75.9 Å². The number of fused-ring (bicyclic) bond motifs is 2. The maximum atomic E-state index is 13.6. The van der Waals surface area contributed by atoms with Gasteiger partial charge in [-0.15, -0.1) is 0 Å². The Morgan fingerprint density at radius 3 is 2.02 bits per heavy atom. The lowest BCUT2D eigenvalue weighted by molar-refractivity contribution is 0.0905. The van der Waals surface area contributed by atoms with E-state index < -0.39 is 0 Å².